The number of ketones is 1. The van der Waals surface area contributed by atoms with Gasteiger partial charge in [-0.1, -0.05) is 0 Å². The Morgan fingerprint density at radius 2 is 2.11 bits per heavy atom. The molecular formula is C11H15N3O5. The lowest BCUT2D eigenvalue weighted by atomic mass is 10.1. The van der Waals surface area contributed by atoms with Crippen LogP contribution in [0.5, 0.6) is 0 Å². The number of Topliss-reactive ketones (excluding diaryl/α,β-unsaturated/α-hetero) is 1. The van der Waals surface area contributed by atoms with E-state index in [2.05, 4.69) is 10.1 Å². The van der Waals surface area contributed by atoms with Crippen molar-refractivity contribution in [2.45, 2.75) is 31.9 Å². The molecule has 19 heavy (non-hydrogen) atoms. The molecule has 0 spiro atoms. The Bertz CT molecular complexity index is 402. The SMILES string of the molecule is CO[C@H](C)C(=O)N[C@@H](CCC(=O)C=N)C(=O)OC#N. The summed E-state index contributed by atoms with van der Waals surface area (Å²) in [6.07, 6.45) is 0.866. The minimum atomic E-state index is -1.13. The van der Waals surface area contributed by atoms with Crippen molar-refractivity contribution in [2.75, 3.05) is 7.11 Å². The van der Waals surface area contributed by atoms with Crippen LogP contribution in [0, 0.1) is 16.9 Å². The Morgan fingerprint density at radius 3 is 2.58 bits per heavy atom. The van der Waals surface area contributed by atoms with Crippen molar-refractivity contribution in [3.8, 4) is 6.26 Å². The lowest BCUT2D eigenvalue weighted by molar-refractivity contribution is -0.143. The molecule has 0 aliphatic rings. The molecule has 2 atom stereocenters. The molecule has 0 saturated carbocycles. The zero-order valence-electron chi connectivity index (χ0n) is 10.6. The zero-order valence-corrected chi connectivity index (χ0v) is 10.6. The molecule has 0 aromatic rings. The number of nitriles is 1. The van der Waals surface area contributed by atoms with Gasteiger partial charge in [-0.25, -0.2) is 4.79 Å². The van der Waals surface area contributed by atoms with Crippen molar-refractivity contribution in [1.29, 1.82) is 10.7 Å². The predicted octanol–water partition coefficient (Wildman–Crippen LogP) is -0.471. The van der Waals surface area contributed by atoms with Crippen LogP contribution < -0.4 is 5.32 Å². The first kappa shape index (κ1) is 16.7. The van der Waals surface area contributed by atoms with Crippen LogP contribution in [-0.2, 0) is 23.9 Å². The van der Waals surface area contributed by atoms with Gasteiger partial charge in [0.15, 0.2) is 5.78 Å². The monoisotopic (exact) mass is 269 g/mol. The van der Waals surface area contributed by atoms with E-state index >= 15 is 0 Å². The molecule has 0 aromatic carbocycles. The van der Waals surface area contributed by atoms with Crippen LogP contribution in [0.2, 0.25) is 0 Å². The molecule has 0 bridgehead atoms. The summed E-state index contributed by atoms with van der Waals surface area (Å²) in [5.41, 5.74) is 0. The molecular weight excluding hydrogens is 254 g/mol. The van der Waals surface area contributed by atoms with Gasteiger partial charge >= 0.3 is 5.97 Å². The molecule has 0 aliphatic heterocycles. The molecule has 8 nitrogen and oxygen atoms in total. The van der Waals surface area contributed by atoms with Crippen LogP contribution in [0.3, 0.4) is 0 Å². The summed E-state index contributed by atoms with van der Waals surface area (Å²) >= 11 is 0. The van der Waals surface area contributed by atoms with Crippen LogP contribution in [0.1, 0.15) is 19.8 Å². The lowest BCUT2D eigenvalue weighted by Crippen LogP contribution is -2.45. The average Bonchev–Trinajstić information content (AvgIpc) is 2.41. The molecule has 0 saturated heterocycles. The van der Waals surface area contributed by atoms with E-state index < -0.39 is 29.8 Å². The number of esters is 1. The van der Waals surface area contributed by atoms with Gasteiger partial charge in [0.05, 0.1) is 6.21 Å². The molecule has 0 fully saturated rings. The number of nitrogens with zero attached hydrogens (tertiary/aromatic N) is 1. The Morgan fingerprint density at radius 1 is 1.47 bits per heavy atom. The maximum atomic E-state index is 11.6. The Balaban J connectivity index is 4.63. The van der Waals surface area contributed by atoms with E-state index in [1.807, 2.05) is 0 Å². The zero-order chi connectivity index (χ0) is 14.8. The molecule has 8 heteroatoms. The molecule has 0 rings (SSSR count). The van der Waals surface area contributed by atoms with E-state index in [-0.39, 0.29) is 12.8 Å². The second-order valence-corrected chi connectivity index (χ2v) is 3.60. The molecule has 104 valence electrons. The standard InChI is InChI=1S/C11H15N3O5/c1-7(18-2)10(16)14-9(11(17)19-6-13)4-3-8(15)5-12/h5,7,9,12H,3-4H2,1-2H3,(H,14,16)/t7-,9+/m1/s1. The quantitative estimate of drug-likeness (QED) is 0.348. The van der Waals surface area contributed by atoms with Crippen molar-refractivity contribution >= 4 is 23.9 Å². The normalized spacial score (nSPS) is 12.7. The summed E-state index contributed by atoms with van der Waals surface area (Å²) in [5.74, 6) is -2.02. The third-order valence-electron chi connectivity index (χ3n) is 2.31. The molecule has 0 aliphatic carbocycles. The van der Waals surface area contributed by atoms with Gasteiger partial charge in [0.1, 0.15) is 12.1 Å². The number of rotatable bonds is 8. The number of ether oxygens (including phenoxy) is 2. The summed E-state index contributed by atoms with van der Waals surface area (Å²) < 4.78 is 8.89. The minimum absolute atomic E-state index is 0.0586. The summed E-state index contributed by atoms with van der Waals surface area (Å²) in [6.45, 7) is 1.48. The topological polar surface area (TPSA) is 129 Å². The largest absolute Gasteiger partial charge is 0.372 e. The highest BCUT2D eigenvalue weighted by Gasteiger charge is 2.25. The fourth-order valence-corrected chi connectivity index (χ4v) is 1.12. The van der Waals surface area contributed by atoms with Crippen molar-refractivity contribution in [1.82, 2.24) is 5.32 Å². The number of nitrogens with one attached hydrogen (secondary N) is 2. The van der Waals surface area contributed by atoms with Gasteiger partial charge in [0.2, 0.25) is 5.91 Å². The maximum Gasteiger partial charge on any atom is 0.344 e. The second kappa shape index (κ2) is 8.77. The molecule has 0 radical (unpaired) electrons. The fourth-order valence-electron chi connectivity index (χ4n) is 1.12. The van der Waals surface area contributed by atoms with Gasteiger partial charge in [-0.3, -0.25) is 9.59 Å². The number of carbonyl (C=O) groups excluding carboxylic acids is 3. The second-order valence-electron chi connectivity index (χ2n) is 3.60. The maximum absolute atomic E-state index is 11.6. The number of carbonyl (C=O) groups is 3. The predicted molar refractivity (Wildman–Crippen MR) is 63.1 cm³/mol. The van der Waals surface area contributed by atoms with Crippen molar-refractivity contribution in [3.05, 3.63) is 0 Å². The Kier molecular flexibility index (Phi) is 7.72. The summed E-state index contributed by atoms with van der Waals surface area (Å²) in [7, 11) is 1.32. The first-order chi connectivity index (χ1) is 8.96. The summed E-state index contributed by atoms with van der Waals surface area (Å²) in [4.78, 5) is 33.9. The molecule has 0 heterocycles. The van der Waals surface area contributed by atoms with Crippen molar-refractivity contribution in [2.24, 2.45) is 0 Å². The summed E-state index contributed by atoms with van der Waals surface area (Å²) in [6, 6.07) is -1.13. The van der Waals surface area contributed by atoms with Crippen LogP contribution in [0.25, 0.3) is 0 Å². The third kappa shape index (κ3) is 6.28. The highest BCUT2D eigenvalue weighted by atomic mass is 16.5. The van der Waals surface area contributed by atoms with Crippen LogP contribution in [0.15, 0.2) is 0 Å². The van der Waals surface area contributed by atoms with E-state index in [0.29, 0.717) is 6.21 Å². The van der Waals surface area contributed by atoms with Gasteiger partial charge in [-0.2, -0.15) is 0 Å². The van der Waals surface area contributed by atoms with E-state index in [4.69, 9.17) is 15.4 Å². The van der Waals surface area contributed by atoms with E-state index in [1.54, 1.807) is 0 Å². The molecule has 2 N–H and O–H groups in total. The highest BCUT2D eigenvalue weighted by molar-refractivity contribution is 6.26. The Hall–Kier alpha value is -2.27. The van der Waals surface area contributed by atoms with Gasteiger partial charge < -0.3 is 20.2 Å². The fraction of sp³-hybridized carbons (Fsp3) is 0.545. The van der Waals surface area contributed by atoms with E-state index in [1.165, 1.54) is 20.3 Å². The minimum Gasteiger partial charge on any atom is -0.372 e. The van der Waals surface area contributed by atoms with Crippen LogP contribution in [-0.4, -0.2) is 43.1 Å². The number of hydrogen-bond acceptors (Lipinski definition) is 7. The number of amides is 1. The van der Waals surface area contributed by atoms with Gasteiger partial charge in [-0.15, -0.1) is 5.26 Å². The summed E-state index contributed by atoms with van der Waals surface area (Å²) in [5, 5.41) is 17.3. The Labute approximate surface area is 110 Å². The van der Waals surface area contributed by atoms with Crippen molar-refractivity contribution < 1.29 is 23.9 Å². The molecule has 1 amide bonds. The van der Waals surface area contributed by atoms with E-state index in [0.717, 1.165) is 0 Å². The third-order valence-corrected chi connectivity index (χ3v) is 2.31. The average molecular weight is 269 g/mol. The van der Waals surface area contributed by atoms with Crippen LogP contribution in [0.4, 0.5) is 0 Å². The number of methoxy groups -OCH3 is 1. The first-order valence-electron chi connectivity index (χ1n) is 5.42. The number of hydrogen-bond donors (Lipinski definition) is 2. The molecule has 0 aromatic heterocycles. The van der Waals surface area contributed by atoms with Gasteiger partial charge in [-0.05, 0) is 13.3 Å². The van der Waals surface area contributed by atoms with E-state index in [9.17, 15) is 14.4 Å². The lowest BCUT2D eigenvalue weighted by Gasteiger charge is -2.17. The van der Waals surface area contributed by atoms with Gasteiger partial charge in [0.25, 0.3) is 6.26 Å². The first-order valence-corrected chi connectivity index (χ1v) is 5.42. The van der Waals surface area contributed by atoms with Crippen molar-refractivity contribution in [3.63, 3.8) is 0 Å². The molecule has 0 unspecified atom stereocenters. The highest BCUT2D eigenvalue weighted by Crippen LogP contribution is 2.02. The van der Waals surface area contributed by atoms with Crippen LogP contribution >= 0.6 is 0 Å². The van der Waals surface area contributed by atoms with Gasteiger partial charge in [0, 0.05) is 13.5 Å². The smallest absolute Gasteiger partial charge is 0.344 e.